The first kappa shape index (κ1) is 27.6. The molecule has 0 saturated carbocycles. The van der Waals surface area contributed by atoms with Crippen LogP contribution in [0.2, 0.25) is 10.0 Å². The zero-order valence-corrected chi connectivity index (χ0v) is 23.3. The van der Waals surface area contributed by atoms with E-state index >= 15 is 0 Å². The zero-order chi connectivity index (χ0) is 27.2. The fourth-order valence-corrected chi connectivity index (χ4v) is 4.67. The first-order valence-electron chi connectivity index (χ1n) is 12.6. The van der Waals surface area contributed by atoms with Gasteiger partial charge in [0.1, 0.15) is 6.54 Å². The Morgan fingerprint density at radius 3 is 2.45 bits per heavy atom. The quantitative estimate of drug-likeness (QED) is 0.229. The van der Waals surface area contributed by atoms with Crippen molar-refractivity contribution in [2.45, 2.75) is 39.8 Å². The fraction of sp³-hybridized carbons (Fsp3) is 0.267. The van der Waals surface area contributed by atoms with Gasteiger partial charge in [-0.25, -0.2) is 4.79 Å². The fourth-order valence-electron chi connectivity index (χ4n) is 4.32. The number of fused-ring (bicyclic) bond motifs is 1. The van der Waals surface area contributed by atoms with E-state index in [0.29, 0.717) is 30.2 Å². The number of aromatic nitrogens is 1. The number of nitrogens with zero attached hydrogens (tertiary/aromatic N) is 2. The van der Waals surface area contributed by atoms with Gasteiger partial charge in [0, 0.05) is 36.2 Å². The smallest absolute Gasteiger partial charge is 0.322 e. The third kappa shape index (κ3) is 6.69. The number of amides is 3. The minimum atomic E-state index is -0.413. The van der Waals surface area contributed by atoms with Gasteiger partial charge in [0.25, 0.3) is 0 Å². The Hall–Kier alpha value is -3.48. The number of aromatic amines is 1. The summed E-state index contributed by atoms with van der Waals surface area (Å²) in [5.41, 5.74) is 4.82. The van der Waals surface area contributed by atoms with Crippen LogP contribution in [-0.4, -0.2) is 45.9 Å². The highest BCUT2D eigenvalue weighted by Crippen LogP contribution is 2.30. The van der Waals surface area contributed by atoms with Gasteiger partial charge in [0.15, 0.2) is 0 Å². The zero-order valence-electron chi connectivity index (χ0n) is 21.8. The molecule has 6 nitrogen and oxygen atoms in total. The predicted octanol–water partition coefficient (Wildman–Crippen LogP) is 7.30. The molecule has 0 aliphatic rings. The van der Waals surface area contributed by atoms with Crippen molar-refractivity contribution in [2.75, 3.05) is 18.4 Å². The number of H-pyrrole nitrogens is 1. The third-order valence-electron chi connectivity index (χ3n) is 6.56. The summed E-state index contributed by atoms with van der Waals surface area (Å²) < 4.78 is 0. The van der Waals surface area contributed by atoms with Crippen LogP contribution in [0.25, 0.3) is 10.9 Å². The first-order chi connectivity index (χ1) is 18.2. The van der Waals surface area contributed by atoms with Crippen molar-refractivity contribution in [3.63, 3.8) is 0 Å². The summed E-state index contributed by atoms with van der Waals surface area (Å²) in [5.74, 6) is -0.133. The second kappa shape index (κ2) is 12.4. The Bertz CT molecular complexity index is 1420. The molecule has 0 aliphatic heterocycles. The molecule has 8 heteroatoms. The number of nitrogens with one attached hydrogen (secondary N) is 2. The monoisotopic (exact) mass is 550 g/mol. The second-order valence-corrected chi connectivity index (χ2v) is 10.4. The Balaban J connectivity index is 1.52. The lowest BCUT2D eigenvalue weighted by Gasteiger charge is -2.30. The standard InChI is InChI=1S/C30H32Cl2N4O2/c1-20(2)36(30(38)34-27-10-6-8-25(31)29(27)32)19-28(37)35(18-22-13-11-21(3)12-14-22)16-15-23-17-33-26-9-5-4-7-24(23)26/h4-14,17,20,33H,15-16,18-19H2,1-3H3,(H,34,38). The van der Waals surface area contributed by atoms with E-state index in [1.54, 1.807) is 18.2 Å². The molecule has 0 bridgehead atoms. The molecule has 0 spiro atoms. The van der Waals surface area contributed by atoms with Crippen LogP contribution in [0.3, 0.4) is 0 Å². The molecule has 3 amide bonds. The lowest BCUT2D eigenvalue weighted by molar-refractivity contribution is -0.132. The molecule has 38 heavy (non-hydrogen) atoms. The molecular formula is C30H32Cl2N4O2. The first-order valence-corrected chi connectivity index (χ1v) is 13.4. The van der Waals surface area contributed by atoms with E-state index in [-0.39, 0.29) is 23.5 Å². The number of halogens is 2. The van der Waals surface area contributed by atoms with Crippen molar-refractivity contribution in [2.24, 2.45) is 0 Å². The van der Waals surface area contributed by atoms with Gasteiger partial charge in [-0.15, -0.1) is 0 Å². The SMILES string of the molecule is Cc1ccc(CN(CCc2c[nH]c3ccccc23)C(=O)CN(C(=O)Nc2cccc(Cl)c2Cl)C(C)C)cc1. The van der Waals surface area contributed by atoms with Gasteiger partial charge >= 0.3 is 6.03 Å². The van der Waals surface area contributed by atoms with E-state index < -0.39 is 6.03 Å². The lowest BCUT2D eigenvalue weighted by atomic mass is 10.1. The molecule has 2 N–H and O–H groups in total. The number of carbonyl (C=O) groups excluding carboxylic acids is 2. The Labute approximate surface area is 233 Å². The number of aryl methyl sites for hydroxylation is 1. The highest BCUT2D eigenvalue weighted by molar-refractivity contribution is 6.44. The molecule has 0 atom stereocenters. The maximum atomic E-state index is 13.7. The van der Waals surface area contributed by atoms with E-state index in [4.69, 9.17) is 23.2 Å². The lowest BCUT2D eigenvalue weighted by Crippen LogP contribution is -2.47. The van der Waals surface area contributed by atoms with Gasteiger partial charge in [-0.2, -0.15) is 0 Å². The highest BCUT2D eigenvalue weighted by atomic mass is 35.5. The van der Waals surface area contributed by atoms with Crippen LogP contribution in [0.4, 0.5) is 10.5 Å². The van der Waals surface area contributed by atoms with E-state index in [1.807, 2.05) is 74.3 Å². The summed E-state index contributed by atoms with van der Waals surface area (Å²) in [7, 11) is 0. The van der Waals surface area contributed by atoms with Crippen molar-refractivity contribution in [1.82, 2.24) is 14.8 Å². The number of anilines is 1. The molecule has 1 aromatic heterocycles. The van der Waals surface area contributed by atoms with Crippen LogP contribution in [0, 0.1) is 6.92 Å². The Morgan fingerprint density at radius 2 is 1.71 bits per heavy atom. The van der Waals surface area contributed by atoms with Crippen LogP contribution in [0.15, 0.2) is 72.9 Å². The molecule has 198 valence electrons. The largest absolute Gasteiger partial charge is 0.361 e. The number of benzene rings is 3. The number of rotatable bonds is 9. The van der Waals surface area contributed by atoms with Crippen LogP contribution < -0.4 is 5.32 Å². The maximum Gasteiger partial charge on any atom is 0.322 e. The average Bonchev–Trinajstić information content (AvgIpc) is 3.31. The van der Waals surface area contributed by atoms with Crippen LogP contribution in [-0.2, 0) is 17.8 Å². The molecule has 3 aromatic carbocycles. The van der Waals surface area contributed by atoms with E-state index in [9.17, 15) is 9.59 Å². The van der Waals surface area contributed by atoms with Gasteiger partial charge in [0.2, 0.25) is 5.91 Å². The van der Waals surface area contributed by atoms with E-state index in [1.165, 1.54) is 4.90 Å². The molecule has 4 rings (SSSR count). The minimum Gasteiger partial charge on any atom is -0.361 e. The molecule has 0 fully saturated rings. The summed E-state index contributed by atoms with van der Waals surface area (Å²) in [6.07, 6.45) is 2.69. The Morgan fingerprint density at radius 1 is 0.974 bits per heavy atom. The van der Waals surface area contributed by atoms with Crippen molar-refractivity contribution < 1.29 is 9.59 Å². The van der Waals surface area contributed by atoms with Crippen molar-refractivity contribution >= 4 is 51.7 Å². The highest BCUT2D eigenvalue weighted by Gasteiger charge is 2.25. The number of carbonyl (C=O) groups is 2. The summed E-state index contributed by atoms with van der Waals surface area (Å²) in [4.78, 5) is 33.5. The second-order valence-electron chi connectivity index (χ2n) is 9.66. The van der Waals surface area contributed by atoms with Gasteiger partial charge in [-0.3, -0.25) is 4.79 Å². The van der Waals surface area contributed by atoms with Crippen LogP contribution in [0.5, 0.6) is 0 Å². The topological polar surface area (TPSA) is 68.4 Å². The van der Waals surface area contributed by atoms with Gasteiger partial charge in [0.05, 0.1) is 15.7 Å². The van der Waals surface area contributed by atoms with Crippen molar-refractivity contribution in [1.29, 1.82) is 0 Å². The summed E-state index contributed by atoms with van der Waals surface area (Å²) in [6.45, 7) is 6.69. The number of urea groups is 1. The van der Waals surface area contributed by atoms with E-state index in [2.05, 4.69) is 16.4 Å². The summed E-state index contributed by atoms with van der Waals surface area (Å²) in [5, 5.41) is 4.56. The third-order valence-corrected chi connectivity index (χ3v) is 7.37. The number of hydrogen-bond donors (Lipinski definition) is 2. The average molecular weight is 552 g/mol. The Kier molecular flexibility index (Phi) is 8.97. The number of hydrogen-bond acceptors (Lipinski definition) is 2. The summed E-state index contributed by atoms with van der Waals surface area (Å²) in [6, 6.07) is 20.7. The van der Waals surface area contributed by atoms with Crippen molar-refractivity contribution in [3.8, 4) is 0 Å². The number of para-hydroxylation sites is 1. The molecule has 0 saturated heterocycles. The molecule has 0 unspecified atom stereocenters. The molecule has 0 aliphatic carbocycles. The molecule has 1 heterocycles. The van der Waals surface area contributed by atoms with Gasteiger partial charge in [-0.05, 0) is 56.5 Å². The van der Waals surface area contributed by atoms with Gasteiger partial charge in [-0.1, -0.05) is 77.3 Å². The normalized spacial score (nSPS) is 11.1. The van der Waals surface area contributed by atoms with E-state index in [0.717, 1.165) is 27.6 Å². The maximum absolute atomic E-state index is 13.7. The van der Waals surface area contributed by atoms with Crippen LogP contribution >= 0.6 is 23.2 Å². The van der Waals surface area contributed by atoms with Crippen molar-refractivity contribution in [3.05, 3.63) is 99.7 Å². The van der Waals surface area contributed by atoms with Gasteiger partial charge < -0.3 is 20.1 Å². The molecular weight excluding hydrogens is 519 g/mol. The molecule has 0 radical (unpaired) electrons. The minimum absolute atomic E-state index is 0.0680. The molecule has 4 aromatic rings. The predicted molar refractivity (Wildman–Crippen MR) is 156 cm³/mol. The summed E-state index contributed by atoms with van der Waals surface area (Å²) >= 11 is 12.4. The van der Waals surface area contributed by atoms with Crippen LogP contribution in [0.1, 0.15) is 30.5 Å².